The number of benzene rings is 2. The number of carbonyl (C=O) groups excluding carboxylic acids is 1. The van der Waals surface area contributed by atoms with Crippen LogP contribution in [0.25, 0.3) is 11.0 Å². The summed E-state index contributed by atoms with van der Waals surface area (Å²) in [6, 6.07) is 13.6. The van der Waals surface area contributed by atoms with E-state index < -0.39 is 12.1 Å². The summed E-state index contributed by atoms with van der Waals surface area (Å²) < 4.78 is 32.5. The van der Waals surface area contributed by atoms with Crippen LogP contribution < -0.4 is 15.1 Å². The highest BCUT2D eigenvalue weighted by Gasteiger charge is 2.38. The van der Waals surface area contributed by atoms with E-state index in [4.69, 9.17) is 9.90 Å². The van der Waals surface area contributed by atoms with Crippen LogP contribution in [0.2, 0.25) is 0 Å². The van der Waals surface area contributed by atoms with Gasteiger partial charge in [0.15, 0.2) is 11.4 Å². The molecule has 0 atom stereocenters. The lowest BCUT2D eigenvalue weighted by Gasteiger charge is -2.38. The molecule has 46 heavy (non-hydrogen) atoms. The number of anilines is 3. The van der Waals surface area contributed by atoms with E-state index in [1.807, 2.05) is 36.4 Å². The smallest absolute Gasteiger partial charge is 0.475 e. The van der Waals surface area contributed by atoms with Gasteiger partial charge in [0.2, 0.25) is 0 Å². The van der Waals surface area contributed by atoms with Crippen LogP contribution >= 0.6 is 15.9 Å². The molecule has 2 aliphatic heterocycles. The monoisotopic (exact) mass is 702 g/mol. The molecule has 2 saturated heterocycles. The number of likely N-dealkylation sites (tertiary alicyclic amines) is 1. The van der Waals surface area contributed by atoms with E-state index in [2.05, 4.69) is 69.1 Å². The van der Waals surface area contributed by atoms with E-state index in [1.165, 1.54) is 31.5 Å². The molecule has 4 aromatic rings. The fourth-order valence-electron chi connectivity index (χ4n) is 5.66. The Kier molecular flexibility index (Phi) is 10.4. The van der Waals surface area contributed by atoms with E-state index >= 15 is 0 Å². The van der Waals surface area contributed by atoms with Crippen LogP contribution in [0, 0.1) is 6.92 Å². The molecule has 0 spiro atoms. The molecule has 244 valence electrons. The first kappa shape index (κ1) is 33.1. The maximum atomic E-state index is 13.5. The highest BCUT2D eigenvalue weighted by atomic mass is 79.9. The van der Waals surface area contributed by atoms with Gasteiger partial charge in [-0.1, -0.05) is 30.3 Å². The zero-order valence-corrected chi connectivity index (χ0v) is 26.7. The zero-order chi connectivity index (χ0) is 32.8. The molecule has 3 N–H and O–H groups in total. The van der Waals surface area contributed by atoms with Crippen molar-refractivity contribution >= 4 is 55.9 Å². The summed E-state index contributed by atoms with van der Waals surface area (Å²) in [6.07, 6.45) is -0.930. The number of nitrogens with zero attached hydrogens (tertiary/aromatic N) is 6. The minimum absolute atomic E-state index is 0.0475. The van der Waals surface area contributed by atoms with Crippen molar-refractivity contribution in [3.05, 3.63) is 70.1 Å². The number of carboxylic acids is 1. The summed E-state index contributed by atoms with van der Waals surface area (Å²) >= 11 is 3.53. The van der Waals surface area contributed by atoms with Crippen molar-refractivity contribution in [2.24, 2.45) is 0 Å². The topological polar surface area (TPSA) is 131 Å². The van der Waals surface area contributed by atoms with Gasteiger partial charge in [0.1, 0.15) is 16.7 Å². The van der Waals surface area contributed by atoms with Crippen molar-refractivity contribution in [2.45, 2.75) is 25.9 Å². The minimum atomic E-state index is -5.08. The lowest BCUT2D eigenvalue weighted by atomic mass is 9.98. The number of hydrogen-bond donors (Lipinski definition) is 3. The molecule has 2 fully saturated rings. The van der Waals surface area contributed by atoms with Crippen LogP contribution in [0.1, 0.15) is 34.3 Å². The van der Waals surface area contributed by atoms with Crippen molar-refractivity contribution in [3.8, 4) is 0 Å². The average molecular weight is 704 g/mol. The number of fused-ring (bicyclic) bond motifs is 1. The normalized spacial score (nSPS) is 15.5. The van der Waals surface area contributed by atoms with Crippen LogP contribution in [-0.2, 0) is 4.79 Å². The molecule has 15 heteroatoms. The van der Waals surface area contributed by atoms with Gasteiger partial charge in [0.05, 0.1) is 5.39 Å². The maximum Gasteiger partial charge on any atom is 0.490 e. The molecule has 0 radical (unpaired) electrons. The SMILES string of the molecule is Cc1c(NCCN2CCCC2)cc(C(=O)c2ccccc2)cc1N1CCN(c2ncnc3[nH]nc(Br)c23)CC1.O=C(O)C(F)(F)F. The number of carbonyl (C=O) groups is 2. The van der Waals surface area contributed by atoms with Crippen LogP contribution in [0.15, 0.2) is 53.4 Å². The second-order valence-electron chi connectivity index (χ2n) is 11.1. The van der Waals surface area contributed by atoms with Gasteiger partial charge in [0, 0.05) is 61.8 Å². The van der Waals surface area contributed by atoms with Crippen molar-refractivity contribution in [1.29, 1.82) is 0 Å². The maximum absolute atomic E-state index is 13.5. The summed E-state index contributed by atoms with van der Waals surface area (Å²) in [6.45, 7) is 9.63. The largest absolute Gasteiger partial charge is 0.490 e. The molecule has 2 aromatic heterocycles. The van der Waals surface area contributed by atoms with E-state index in [0.717, 1.165) is 72.1 Å². The molecule has 0 aliphatic carbocycles. The number of alkyl halides is 3. The first-order valence-electron chi connectivity index (χ1n) is 14.9. The number of H-pyrrole nitrogens is 1. The predicted octanol–water partition coefficient (Wildman–Crippen LogP) is 5.12. The molecular formula is C31H34BrF3N8O3. The number of halogens is 4. The molecule has 0 unspecified atom stereocenters. The number of carboxylic acid groups (broad SMARTS) is 1. The molecule has 4 heterocycles. The number of aromatic nitrogens is 4. The van der Waals surface area contributed by atoms with Crippen LogP contribution in [-0.4, -0.2) is 100 Å². The highest BCUT2D eigenvalue weighted by molar-refractivity contribution is 9.10. The Labute approximate surface area is 271 Å². The van der Waals surface area contributed by atoms with Gasteiger partial charge in [-0.15, -0.1) is 0 Å². The molecule has 6 rings (SSSR count). The number of aliphatic carboxylic acids is 1. The van der Waals surface area contributed by atoms with Gasteiger partial charge in [-0.3, -0.25) is 9.89 Å². The predicted molar refractivity (Wildman–Crippen MR) is 173 cm³/mol. The van der Waals surface area contributed by atoms with Crippen molar-refractivity contribution in [1.82, 2.24) is 25.1 Å². The number of nitrogens with one attached hydrogen (secondary N) is 2. The second-order valence-corrected chi connectivity index (χ2v) is 11.8. The zero-order valence-electron chi connectivity index (χ0n) is 25.1. The van der Waals surface area contributed by atoms with Gasteiger partial charge < -0.3 is 25.1 Å². The van der Waals surface area contributed by atoms with E-state index in [9.17, 15) is 18.0 Å². The third-order valence-corrected chi connectivity index (χ3v) is 8.65. The van der Waals surface area contributed by atoms with E-state index in [1.54, 1.807) is 6.33 Å². The third kappa shape index (κ3) is 7.76. The van der Waals surface area contributed by atoms with E-state index in [0.29, 0.717) is 11.1 Å². The number of rotatable bonds is 8. The summed E-state index contributed by atoms with van der Waals surface area (Å²) in [5.41, 5.74) is 5.47. The number of piperazine rings is 1. The van der Waals surface area contributed by atoms with E-state index in [-0.39, 0.29) is 5.78 Å². The summed E-state index contributed by atoms with van der Waals surface area (Å²) in [5.74, 6) is -1.83. The number of aromatic amines is 1. The van der Waals surface area contributed by atoms with Crippen molar-refractivity contribution < 1.29 is 27.9 Å². The van der Waals surface area contributed by atoms with Crippen molar-refractivity contribution in [2.75, 3.05) is 67.5 Å². The second kappa shape index (κ2) is 14.5. The molecular weight excluding hydrogens is 669 g/mol. The molecule has 2 aliphatic rings. The summed E-state index contributed by atoms with van der Waals surface area (Å²) in [4.78, 5) is 38.5. The summed E-state index contributed by atoms with van der Waals surface area (Å²) in [7, 11) is 0. The fraction of sp³-hybridized carbons (Fsp3) is 0.387. The van der Waals surface area contributed by atoms with Gasteiger partial charge >= 0.3 is 12.1 Å². The van der Waals surface area contributed by atoms with Crippen LogP contribution in [0.5, 0.6) is 0 Å². The van der Waals surface area contributed by atoms with Gasteiger partial charge in [0.25, 0.3) is 0 Å². The van der Waals surface area contributed by atoms with Gasteiger partial charge in [-0.2, -0.15) is 18.3 Å². The highest BCUT2D eigenvalue weighted by Crippen LogP contribution is 2.33. The van der Waals surface area contributed by atoms with Crippen molar-refractivity contribution in [3.63, 3.8) is 0 Å². The Morgan fingerprint density at radius 3 is 2.28 bits per heavy atom. The Morgan fingerprint density at radius 1 is 0.978 bits per heavy atom. The molecule has 0 amide bonds. The first-order valence-corrected chi connectivity index (χ1v) is 15.7. The lowest BCUT2D eigenvalue weighted by Crippen LogP contribution is -2.47. The fourth-order valence-corrected chi connectivity index (χ4v) is 6.11. The van der Waals surface area contributed by atoms with Gasteiger partial charge in [-0.05, 0) is 66.5 Å². The summed E-state index contributed by atoms with van der Waals surface area (Å²) in [5, 5.41) is 18.9. The Balaban J connectivity index is 0.000000537. The Bertz CT molecular complexity index is 1670. The van der Waals surface area contributed by atoms with Crippen LogP contribution in [0.4, 0.5) is 30.4 Å². The minimum Gasteiger partial charge on any atom is -0.475 e. The number of ketones is 1. The first-order chi connectivity index (χ1) is 22.0. The molecule has 0 bridgehead atoms. The Hall–Kier alpha value is -4.24. The average Bonchev–Trinajstić information content (AvgIpc) is 3.72. The standard InChI is InChI=1S/C29H33BrN8O.C2HF3O2/c1-20-23(31-9-12-36-10-5-6-11-36)17-22(26(39)21-7-3-2-4-8-21)18-24(20)37-13-15-38(16-14-37)29-25-27(30)34-35-28(25)32-19-33-29;3-2(4,5)1(6)7/h2-4,7-8,17-19,31H,5-6,9-16H2,1H3,(H,32,33,34,35);(H,6,7). The van der Waals surface area contributed by atoms with Crippen LogP contribution in [0.3, 0.4) is 0 Å². The quantitative estimate of drug-likeness (QED) is 0.213. The Morgan fingerprint density at radius 2 is 1.63 bits per heavy atom. The molecule has 11 nitrogen and oxygen atoms in total. The van der Waals surface area contributed by atoms with Gasteiger partial charge in [-0.25, -0.2) is 14.8 Å². The molecule has 0 saturated carbocycles. The third-order valence-electron chi connectivity index (χ3n) is 8.08. The number of hydrogen-bond acceptors (Lipinski definition) is 9. The molecule has 2 aromatic carbocycles. The lowest BCUT2D eigenvalue weighted by molar-refractivity contribution is -0.192.